The second kappa shape index (κ2) is 21.1. The van der Waals surface area contributed by atoms with Crippen molar-refractivity contribution in [3.63, 3.8) is 0 Å². The molecule has 3 aromatic rings. The second-order valence-electron chi connectivity index (χ2n) is 18.7. The van der Waals surface area contributed by atoms with E-state index in [4.69, 9.17) is 11.6 Å². The molecule has 18 heteroatoms. The molecule has 0 saturated carbocycles. The van der Waals surface area contributed by atoms with E-state index in [0.717, 1.165) is 78.1 Å². The third kappa shape index (κ3) is 13.0. The van der Waals surface area contributed by atoms with Crippen LogP contribution in [0.15, 0.2) is 101 Å². The molecule has 0 saturated heterocycles. The summed E-state index contributed by atoms with van der Waals surface area (Å²) >= 11 is 7.30. The summed E-state index contributed by atoms with van der Waals surface area (Å²) in [5, 5.41) is 12.2. The van der Waals surface area contributed by atoms with E-state index >= 15 is 0 Å². The Morgan fingerprint density at radius 2 is 1.43 bits per heavy atom. The van der Waals surface area contributed by atoms with Crippen LogP contribution in [0.2, 0.25) is 0 Å². The van der Waals surface area contributed by atoms with Crippen molar-refractivity contribution in [2.45, 2.75) is 103 Å². The predicted molar refractivity (Wildman–Crippen MR) is 267 cm³/mol. The van der Waals surface area contributed by atoms with Gasteiger partial charge in [0.1, 0.15) is 6.54 Å². The quantitative estimate of drug-likeness (QED) is 0.0421. The molecule has 0 fully saturated rings. The summed E-state index contributed by atoms with van der Waals surface area (Å²) in [5.74, 6) is -2.21. The van der Waals surface area contributed by atoms with Gasteiger partial charge in [0.25, 0.3) is 30.4 Å². The number of halogens is 1. The number of nitrogens with zero attached hydrogens (tertiary/aromatic N) is 3. The van der Waals surface area contributed by atoms with Gasteiger partial charge in [0.05, 0.1) is 22.7 Å². The van der Waals surface area contributed by atoms with E-state index in [2.05, 4.69) is 60.9 Å². The lowest BCUT2D eigenvalue weighted by Crippen LogP contribution is -2.29. The van der Waals surface area contributed by atoms with Crippen LogP contribution in [0.1, 0.15) is 103 Å². The van der Waals surface area contributed by atoms with Crippen LogP contribution >= 0.6 is 11.6 Å². The molecule has 0 spiro atoms. The smallest absolute Gasteiger partial charge is 0.303 e. The topological polar surface area (TPSA) is 210 Å². The molecule has 0 atom stereocenters. The van der Waals surface area contributed by atoms with E-state index in [0.29, 0.717) is 17.1 Å². The molecule has 3 aromatic carbocycles. The Bertz CT molecular complexity index is 2840. The van der Waals surface area contributed by atoms with Gasteiger partial charge in [-0.15, -0.1) is 0 Å². The van der Waals surface area contributed by atoms with E-state index in [1.807, 2.05) is 60.1 Å². The molecule has 364 valence electrons. The average molecular weight is 1000 g/mol. The van der Waals surface area contributed by atoms with E-state index < -0.39 is 59.0 Å². The minimum absolute atomic E-state index is 0.0630. The molecule has 3 aliphatic rings. The monoisotopic (exact) mass is 1000 g/mol. The number of unbranched alkanes of at least 4 members (excludes halogenated alkanes) is 2. The van der Waals surface area contributed by atoms with Crippen LogP contribution in [0.4, 0.5) is 17.1 Å². The van der Waals surface area contributed by atoms with Gasteiger partial charge in [0, 0.05) is 77.7 Å². The van der Waals surface area contributed by atoms with Crippen LogP contribution in [-0.2, 0) is 46.0 Å². The Kier molecular flexibility index (Phi) is 16.4. The predicted octanol–water partition coefficient (Wildman–Crippen LogP) is 9.34. The average Bonchev–Trinajstić information content (AvgIpc) is 3.58. The van der Waals surface area contributed by atoms with Crippen molar-refractivity contribution in [1.29, 1.82) is 0 Å². The largest absolute Gasteiger partial charge is 0.481 e. The first-order valence-corrected chi connectivity index (χ1v) is 28.0. The highest BCUT2D eigenvalue weighted by atomic mass is 35.5. The van der Waals surface area contributed by atoms with Crippen molar-refractivity contribution < 1.29 is 53.4 Å². The van der Waals surface area contributed by atoms with Crippen molar-refractivity contribution in [1.82, 2.24) is 0 Å². The maximum Gasteiger partial charge on any atom is 0.303 e. The highest BCUT2D eigenvalue weighted by Crippen LogP contribution is 2.50. The molecular weight excluding hydrogens is 938 g/mol. The van der Waals surface area contributed by atoms with Crippen molar-refractivity contribution >= 4 is 81.5 Å². The third-order valence-electron chi connectivity index (χ3n) is 13.1. The molecule has 14 nitrogen and oxygen atoms in total. The summed E-state index contributed by atoms with van der Waals surface area (Å²) in [4.78, 5) is 15.1. The molecule has 0 unspecified atom stereocenters. The molecule has 67 heavy (non-hydrogen) atoms. The third-order valence-corrected chi connectivity index (χ3v) is 16.0. The van der Waals surface area contributed by atoms with Crippen molar-refractivity contribution in [3.05, 3.63) is 112 Å². The minimum atomic E-state index is -4.25. The van der Waals surface area contributed by atoms with Crippen molar-refractivity contribution in [3.8, 4) is 0 Å². The lowest BCUT2D eigenvalue weighted by atomic mass is 9.79. The van der Waals surface area contributed by atoms with Gasteiger partial charge in [0.2, 0.25) is 5.69 Å². The van der Waals surface area contributed by atoms with Crippen LogP contribution in [0.3, 0.4) is 0 Å². The number of anilines is 2. The Morgan fingerprint density at radius 1 is 0.776 bits per heavy atom. The number of hydrogen-bond acceptors (Lipinski definition) is 9. The molecule has 1 aliphatic carbocycles. The summed E-state index contributed by atoms with van der Waals surface area (Å²) in [6, 6.07) is 18.4. The number of carboxylic acid groups (broad SMARTS) is 1. The first-order chi connectivity index (χ1) is 31.4. The van der Waals surface area contributed by atoms with Gasteiger partial charge in [0.15, 0.2) is 5.71 Å². The van der Waals surface area contributed by atoms with Crippen molar-refractivity contribution in [2.24, 2.45) is 0 Å². The summed E-state index contributed by atoms with van der Waals surface area (Å²) in [6.45, 7) is 9.91. The minimum Gasteiger partial charge on any atom is -0.481 e. The lowest BCUT2D eigenvalue weighted by Gasteiger charge is -2.27. The first-order valence-electron chi connectivity index (χ1n) is 22.8. The fraction of sp³-hybridized carbons (Fsp3) is 0.469. The second-order valence-corrected chi connectivity index (χ2v) is 23.8. The number of rotatable bonds is 22. The normalized spacial score (nSPS) is 18.5. The van der Waals surface area contributed by atoms with Crippen LogP contribution in [0, 0.1) is 0 Å². The Hall–Kier alpha value is -4.36. The van der Waals surface area contributed by atoms with Gasteiger partial charge in [-0.2, -0.15) is 29.8 Å². The van der Waals surface area contributed by atoms with Crippen molar-refractivity contribution in [2.75, 3.05) is 53.2 Å². The molecule has 0 amide bonds. The zero-order valence-corrected chi connectivity index (χ0v) is 41.8. The molecule has 0 bridgehead atoms. The van der Waals surface area contributed by atoms with Crippen LogP contribution in [-0.4, -0.2) is 104 Å². The zero-order chi connectivity index (χ0) is 49.0. The Morgan fingerprint density at radius 3 is 2.09 bits per heavy atom. The van der Waals surface area contributed by atoms with Gasteiger partial charge in [-0.25, -0.2) is 0 Å². The van der Waals surface area contributed by atoms with Gasteiger partial charge >= 0.3 is 5.97 Å². The highest BCUT2D eigenvalue weighted by Gasteiger charge is 2.45. The van der Waals surface area contributed by atoms with E-state index in [1.54, 1.807) is 0 Å². The number of benzene rings is 3. The van der Waals surface area contributed by atoms with Gasteiger partial charge in [-0.05, 0) is 123 Å². The van der Waals surface area contributed by atoms with Crippen LogP contribution in [0.25, 0.3) is 10.8 Å². The van der Waals surface area contributed by atoms with E-state index in [9.17, 15) is 48.8 Å². The lowest BCUT2D eigenvalue weighted by molar-refractivity contribution is -0.438. The molecule has 2 heterocycles. The molecule has 0 aromatic heterocycles. The summed E-state index contributed by atoms with van der Waals surface area (Å²) < 4.78 is 101. The molecule has 0 radical (unpaired) electrons. The summed E-state index contributed by atoms with van der Waals surface area (Å²) in [5.41, 5.74) is 7.65. The maximum absolute atomic E-state index is 11.8. The summed E-state index contributed by atoms with van der Waals surface area (Å²) in [6.07, 6.45) is 13.3. The molecule has 6 rings (SSSR count). The zero-order valence-electron chi connectivity index (χ0n) is 38.6. The molecule has 2 aliphatic heterocycles. The fourth-order valence-electron chi connectivity index (χ4n) is 9.82. The number of carbonyl (C=O) groups is 1. The van der Waals surface area contributed by atoms with Crippen LogP contribution < -0.4 is 9.80 Å². The fourth-order valence-corrected chi connectivity index (χ4v) is 11.6. The van der Waals surface area contributed by atoms with E-state index in [-0.39, 0.29) is 50.7 Å². The number of fused-ring (bicyclic) bond motifs is 4. The first kappa shape index (κ1) is 52.0. The highest BCUT2D eigenvalue weighted by molar-refractivity contribution is 7.86. The Balaban J connectivity index is 1.34. The SMILES string of the molecule is CC1(C)C(/C=C/C2=C(Cl)C(=C/C=C3/N(CCCS(=O)(=O)O)c4ccc(N(CCCS(=O)(=O)O)CCCS(=O)(=O)O)cc4C3(C)C)/CCC2)=[N+](CCCCCC(=O)O)c2ccc3ccccc3c21. The summed E-state index contributed by atoms with van der Waals surface area (Å²) in [7, 11) is -12.7. The van der Waals surface area contributed by atoms with E-state index in [1.165, 1.54) is 16.3 Å². The number of carboxylic acids is 1. The van der Waals surface area contributed by atoms with Gasteiger partial charge in [-0.3, -0.25) is 18.5 Å². The van der Waals surface area contributed by atoms with Crippen LogP contribution in [0.5, 0.6) is 0 Å². The maximum atomic E-state index is 11.8. The van der Waals surface area contributed by atoms with Gasteiger partial charge < -0.3 is 14.9 Å². The number of hydrogen-bond donors (Lipinski definition) is 4. The molecule has 4 N–H and O–H groups in total. The molecular formula is C49H63ClN3O11S3+. The number of aliphatic carboxylic acids is 1. The standard InChI is InChI=1S/C49H62ClN3O11S3/c1-48(2)40-34-38(51(27-11-31-65(56,57)58)28-12-32-66(59,60)61)22-24-41(40)52(30-13-33-67(62,63)64)43(48)25-20-36-15-10-16-37(47(36)50)21-26-44-49(3,4)46-39-17-8-7-14-35(39)19-23-42(46)53(44)29-9-5-6-18-45(54)55/h7-8,14,17,19-26,34H,5-6,9-13,15-16,18,27-33H2,1-4H3,(H3-,54,55,56,57,58,59,60,61,62,63,64)/p+1. The number of allylic oxidation sites excluding steroid dienone is 8. The Labute approximate surface area is 400 Å². The van der Waals surface area contributed by atoms with Gasteiger partial charge in [-0.1, -0.05) is 61.9 Å².